The molecule has 2 nitrogen and oxygen atoms in total. The van der Waals surface area contributed by atoms with E-state index in [-0.39, 0.29) is 0 Å². The first-order valence-corrected chi connectivity index (χ1v) is 21.0. The number of hydrogen-bond donors (Lipinski definition) is 0. The Morgan fingerprint density at radius 1 is 0.404 bits per heavy atom. The standard InChI is InChI=1S/C53H32N2S2/c1-3-15-34(16-4-1)44-32-45(55-52(54-44)36-17-5-2-6-18-36)35-29-27-33(28-30-35)39-31-43-49(50-38-20-8-12-24-46(38)57-51(39)50)37-19-7-9-21-40(37)53(43)41-22-10-13-25-47(41)56-48-26-14-11-23-42(48)53/h1-32H. The summed E-state index contributed by atoms with van der Waals surface area (Å²) in [5.74, 6) is 0.720. The van der Waals surface area contributed by atoms with Crippen molar-refractivity contribution in [1.29, 1.82) is 0 Å². The molecule has 10 aromatic rings. The summed E-state index contributed by atoms with van der Waals surface area (Å²) in [6.07, 6.45) is 0. The van der Waals surface area contributed by atoms with Gasteiger partial charge in [0.2, 0.25) is 0 Å². The zero-order valence-electron chi connectivity index (χ0n) is 30.7. The highest BCUT2D eigenvalue weighted by Gasteiger charge is 2.51. The summed E-state index contributed by atoms with van der Waals surface area (Å²) in [4.78, 5) is 12.8. The molecular formula is C53H32N2S2. The van der Waals surface area contributed by atoms with Crippen LogP contribution in [0.4, 0.5) is 0 Å². The van der Waals surface area contributed by atoms with Crippen LogP contribution in [0.15, 0.2) is 204 Å². The highest BCUT2D eigenvalue weighted by Crippen LogP contribution is 2.64. The molecule has 2 aliphatic rings. The fourth-order valence-corrected chi connectivity index (χ4v) is 11.8. The van der Waals surface area contributed by atoms with E-state index in [0.29, 0.717) is 0 Å². The number of rotatable bonds is 4. The van der Waals surface area contributed by atoms with Crippen LogP contribution in [-0.4, -0.2) is 9.97 Å². The van der Waals surface area contributed by atoms with E-state index in [1.807, 2.05) is 47.4 Å². The average molecular weight is 761 g/mol. The van der Waals surface area contributed by atoms with Crippen LogP contribution in [0.25, 0.3) is 76.3 Å². The highest BCUT2D eigenvalue weighted by atomic mass is 32.2. The molecule has 1 spiro atoms. The van der Waals surface area contributed by atoms with Gasteiger partial charge in [-0.3, -0.25) is 0 Å². The van der Waals surface area contributed by atoms with Gasteiger partial charge in [-0.25, -0.2) is 9.97 Å². The van der Waals surface area contributed by atoms with Crippen molar-refractivity contribution in [3.8, 4) is 56.2 Å². The third-order valence-electron chi connectivity index (χ3n) is 11.8. The van der Waals surface area contributed by atoms with E-state index in [9.17, 15) is 0 Å². The quantitative estimate of drug-likeness (QED) is 0.179. The molecule has 0 saturated heterocycles. The molecule has 2 aromatic heterocycles. The molecule has 0 fully saturated rings. The van der Waals surface area contributed by atoms with Crippen molar-refractivity contribution in [3.05, 3.63) is 216 Å². The van der Waals surface area contributed by atoms with E-state index in [1.54, 1.807) is 0 Å². The first-order valence-electron chi connectivity index (χ1n) is 19.3. The summed E-state index contributed by atoms with van der Waals surface area (Å²) in [6, 6.07) is 70.6. The summed E-state index contributed by atoms with van der Waals surface area (Å²) in [7, 11) is 0. The van der Waals surface area contributed by atoms with Gasteiger partial charge in [-0.2, -0.15) is 0 Å². The normalized spacial score (nSPS) is 13.3. The maximum atomic E-state index is 5.14. The van der Waals surface area contributed by atoms with Crippen LogP contribution in [-0.2, 0) is 5.41 Å². The van der Waals surface area contributed by atoms with Crippen molar-refractivity contribution in [3.63, 3.8) is 0 Å². The minimum absolute atomic E-state index is 0.459. The van der Waals surface area contributed by atoms with Crippen molar-refractivity contribution in [2.75, 3.05) is 0 Å². The van der Waals surface area contributed by atoms with E-state index in [1.165, 1.54) is 74.5 Å². The fourth-order valence-electron chi connectivity index (χ4n) is 9.33. The summed E-state index contributed by atoms with van der Waals surface area (Å²) < 4.78 is 2.63. The first kappa shape index (κ1) is 32.6. The van der Waals surface area contributed by atoms with Gasteiger partial charge in [0, 0.05) is 46.7 Å². The van der Waals surface area contributed by atoms with Crippen LogP contribution in [0.1, 0.15) is 22.3 Å². The Bertz CT molecular complexity index is 3100. The molecule has 57 heavy (non-hydrogen) atoms. The van der Waals surface area contributed by atoms with E-state index < -0.39 is 5.41 Å². The number of hydrogen-bond acceptors (Lipinski definition) is 4. The van der Waals surface area contributed by atoms with Crippen LogP contribution < -0.4 is 0 Å². The summed E-state index contributed by atoms with van der Waals surface area (Å²) in [6.45, 7) is 0. The second-order valence-electron chi connectivity index (χ2n) is 14.8. The van der Waals surface area contributed by atoms with Crippen molar-refractivity contribution < 1.29 is 0 Å². The lowest BCUT2D eigenvalue weighted by Gasteiger charge is -2.39. The lowest BCUT2D eigenvalue weighted by molar-refractivity contribution is 0.723. The Hall–Kier alpha value is -6.59. The zero-order valence-corrected chi connectivity index (χ0v) is 32.3. The monoisotopic (exact) mass is 760 g/mol. The second kappa shape index (κ2) is 12.7. The van der Waals surface area contributed by atoms with Gasteiger partial charge < -0.3 is 0 Å². The van der Waals surface area contributed by atoms with Gasteiger partial charge >= 0.3 is 0 Å². The van der Waals surface area contributed by atoms with Crippen LogP contribution >= 0.6 is 23.1 Å². The lowest BCUT2D eigenvalue weighted by Crippen LogP contribution is -2.31. The van der Waals surface area contributed by atoms with Crippen molar-refractivity contribution in [1.82, 2.24) is 9.97 Å². The van der Waals surface area contributed by atoms with E-state index in [4.69, 9.17) is 9.97 Å². The van der Waals surface area contributed by atoms with Crippen LogP contribution in [0, 0.1) is 0 Å². The fraction of sp³-hybridized carbons (Fsp3) is 0.0189. The van der Waals surface area contributed by atoms with Crippen LogP contribution in [0.5, 0.6) is 0 Å². The molecule has 8 aromatic carbocycles. The van der Waals surface area contributed by atoms with E-state index >= 15 is 0 Å². The van der Waals surface area contributed by atoms with Crippen molar-refractivity contribution in [2.45, 2.75) is 15.2 Å². The number of thiophene rings is 1. The Labute approximate surface area is 339 Å². The molecule has 12 rings (SSSR count). The summed E-state index contributed by atoms with van der Waals surface area (Å²) in [5, 5.41) is 2.66. The largest absolute Gasteiger partial charge is 0.228 e. The minimum atomic E-state index is -0.459. The van der Waals surface area contributed by atoms with Crippen LogP contribution in [0.3, 0.4) is 0 Å². The molecule has 266 valence electrons. The predicted molar refractivity (Wildman–Crippen MR) is 238 cm³/mol. The highest BCUT2D eigenvalue weighted by molar-refractivity contribution is 7.99. The molecule has 0 saturated carbocycles. The van der Waals surface area contributed by atoms with Gasteiger partial charge in [0.15, 0.2) is 5.82 Å². The number of fused-ring (bicyclic) bond motifs is 13. The molecule has 1 aliphatic heterocycles. The van der Waals surface area contributed by atoms with Gasteiger partial charge in [0.1, 0.15) is 0 Å². The van der Waals surface area contributed by atoms with Gasteiger partial charge in [0.05, 0.1) is 16.8 Å². The molecule has 0 bridgehead atoms. The molecule has 0 radical (unpaired) electrons. The van der Waals surface area contributed by atoms with Gasteiger partial charge in [-0.15, -0.1) is 11.3 Å². The number of nitrogens with zero attached hydrogens (tertiary/aromatic N) is 2. The Kier molecular flexibility index (Phi) is 7.28. The maximum absolute atomic E-state index is 5.14. The number of aromatic nitrogens is 2. The maximum Gasteiger partial charge on any atom is 0.160 e. The molecule has 4 heteroatoms. The Morgan fingerprint density at radius 3 is 1.65 bits per heavy atom. The molecule has 0 atom stereocenters. The van der Waals surface area contributed by atoms with Crippen molar-refractivity contribution >= 4 is 43.3 Å². The lowest BCUT2D eigenvalue weighted by atomic mass is 9.67. The molecular weight excluding hydrogens is 729 g/mol. The van der Waals surface area contributed by atoms with Gasteiger partial charge in [-0.05, 0) is 74.8 Å². The zero-order chi connectivity index (χ0) is 37.5. The second-order valence-corrected chi connectivity index (χ2v) is 16.9. The van der Waals surface area contributed by atoms with Crippen LogP contribution in [0.2, 0.25) is 0 Å². The first-order chi connectivity index (χ1) is 28.3. The minimum Gasteiger partial charge on any atom is -0.228 e. The van der Waals surface area contributed by atoms with E-state index in [2.05, 4.69) is 170 Å². The van der Waals surface area contributed by atoms with Gasteiger partial charge in [0.25, 0.3) is 0 Å². The topological polar surface area (TPSA) is 25.8 Å². The average Bonchev–Trinajstić information content (AvgIpc) is 3.81. The molecule has 3 heterocycles. The van der Waals surface area contributed by atoms with Crippen molar-refractivity contribution in [2.24, 2.45) is 0 Å². The smallest absolute Gasteiger partial charge is 0.160 e. The predicted octanol–water partition coefficient (Wildman–Crippen LogP) is 14.3. The van der Waals surface area contributed by atoms with E-state index in [0.717, 1.165) is 33.9 Å². The molecule has 0 amide bonds. The van der Waals surface area contributed by atoms with Gasteiger partial charge in [-0.1, -0.05) is 176 Å². The third-order valence-corrected chi connectivity index (χ3v) is 14.1. The number of benzene rings is 8. The molecule has 0 N–H and O–H groups in total. The molecule has 0 unspecified atom stereocenters. The molecule has 1 aliphatic carbocycles. The Morgan fingerprint density at radius 2 is 0.947 bits per heavy atom. The third kappa shape index (κ3) is 4.84. The summed E-state index contributed by atoms with van der Waals surface area (Å²) >= 11 is 3.80. The SMILES string of the molecule is c1ccc(-c2cc(-c3ccc(-c4cc5c(c6c4sc4ccccc46)-c4ccccc4C54c5ccccc5Sc5ccccc54)cc3)nc(-c3ccccc3)n2)cc1. The Balaban J connectivity index is 1.11. The summed E-state index contributed by atoms with van der Waals surface area (Å²) in [5.41, 5.74) is 15.0.